The van der Waals surface area contributed by atoms with E-state index in [0.717, 1.165) is 0 Å². The molecule has 0 saturated heterocycles. The average Bonchev–Trinajstić information content (AvgIpc) is 1.84. The number of carbonyl (C=O) groups is 1. The van der Waals surface area contributed by atoms with E-state index in [2.05, 4.69) is 0 Å². The van der Waals surface area contributed by atoms with Crippen LogP contribution >= 0.6 is 0 Å². The summed E-state index contributed by atoms with van der Waals surface area (Å²) in [6.45, 7) is 9.98. The van der Waals surface area contributed by atoms with Crippen LogP contribution in [-0.4, -0.2) is 11.7 Å². The van der Waals surface area contributed by atoms with Crippen LogP contribution < -0.4 is 5.73 Å². The number of rotatable bonds is 3. The maximum Gasteiger partial charge on any atom is 0.405 e. The number of primary amides is 1. The summed E-state index contributed by atoms with van der Waals surface area (Å²) in [7, 11) is 0. The van der Waals surface area contributed by atoms with E-state index in [0.29, 0.717) is 0 Å². The Morgan fingerprint density at radius 3 is 1.67 bits per heavy atom. The highest BCUT2D eigenvalue weighted by atomic mass is 16.6. The van der Waals surface area contributed by atoms with Crippen molar-refractivity contribution in [3.8, 4) is 0 Å². The Morgan fingerprint density at radius 1 is 1.25 bits per heavy atom. The van der Waals surface area contributed by atoms with Gasteiger partial charge in [0.25, 0.3) is 0 Å². The molecule has 0 fully saturated rings. The summed E-state index contributed by atoms with van der Waals surface area (Å²) in [5, 5.41) is 0. The van der Waals surface area contributed by atoms with Crippen LogP contribution in [0.3, 0.4) is 0 Å². The lowest BCUT2D eigenvalue weighted by atomic mass is 9.82. The van der Waals surface area contributed by atoms with Gasteiger partial charge < -0.3 is 10.5 Å². The van der Waals surface area contributed by atoms with Crippen LogP contribution in [0, 0.1) is 11.8 Å². The third-order valence-corrected chi connectivity index (χ3v) is 2.61. The number of nitrogens with two attached hydrogens (primary N) is 1. The number of ether oxygens (including phenoxy) is 1. The van der Waals surface area contributed by atoms with E-state index >= 15 is 0 Å². The smallest absolute Gasteiger partial charge is 0.405 e. The van der Waals surface area contributed by atoms with Gasteiger partial charge in [-0.05, 0) is 18.8 Å². The van der Waals surface area contributed by atoms with E-state index in [-0.39, 0.29) is 11.8 Å². The first-order chi connectivity index (χ1) is 5.30. The molecule has 3 heteroatoms. The van der Waals surface area contributed by atoms with Crippen LogP contribution in [0.1, 0.15) is 34.6 Å². The minimum absolute atomic E-state index is 0.269. The maximum atomic E-state index is 10.6. The zero-order valence-electron chi connectivity index (χ0n) is 8.55. The molecule has 0 aliphatic heterocycles. The van der Waals surface area contributed by atoms with Crippen LogP contribution in [0.25, 0.3) is 0 Å². The zero-order chi connectivity index (χ0) is 9.94. The molecule has 0 saturated carbocycles. The van der Waals surface area contributed by atoms with Gasteiger partial charge in [-0.25, -0.2) is 4.79 Å². The highest BCUT2D eigenvalue weighted by Crippen LogP contribution is 2.29. The fraction of sp³-hybridized carbons (Fsp3) is 0.889. The molecule has 1 amide bonds. The van der Waals surface area contributed by atoms with Crippen LogP contribution in [0.4, 0.5) is 4.79 Å². The average molecular weight is 173 g/mol. The summed E-state index contributed by atoms with van der Waals surface area (Å²) >= 11 is 0. The molecule has 0 radical (unpaired) electrons. The van der Waals surface area contributed by atoms with E-state index in [4.69, 9.17) is 10.5 Å². The van der Waals surface area contributed by atoms with Crippen molar-refractivity contribution >= 4 is 6.09 Å². The van der Waals surface area contributed by atoms with Gasteiger partial charge in [0.2, 0.25) is 0 Å². The third-order valence-electron chi connectivity index (χ3n) is 2.61. The normalized spacial score (nSPS) is 12.2. The van der Waals surface area contributed by atoms with E-state index in [1.54, 1.807) is 0 Å². The Bertz CT molecular complexity index is 156. The SMILES string of the molecule is CC(C)C(C)(OC(N)=O)C(C)C. The third kappa shape index (κ3) is 2.40. The van der Waals surface area contributed by atoms with Crippen molar-refractivity contribution < 1.29 is 9.53 Å². The number of amides is 1. The van der Waals surface area contributed by atoms with Crippen molar-refractivity contribution in [3.05, 3.63) is 0 Å². The van der Waals surface area contributed by atoms with Crippen LogP contribution in [0.2, 0.25) is 0 Å². The molecule has 0 unspecified atom stereocenters. The summed E-state index contributed by atoms with van der Waals surface area (Å²) in [6, 6.07) is 0. The van der Waals surface area contributed by atoms with Crippen LogP contribution in [-0.2, 0) is 4.74 Å². The van der Waals surface area contributed by atoms with E-state index in [1.807, 2.05) is 34.6 Å². The molecule has 0 rings (SSSR count). The molecule has 0 aromatic heterocycles. The second-order valence-corrected chi connectivity index (χ2v) is 3.91. The fourth-order valence-corrected chi connectivity index (χ4v) is 1.12. The van der Waals surface area contributed by atoms with E-state index in [1.165, 1.54) is 0 Å². The topological polar surface area (TPSA) is 52.3 Å². The quantitative estimate of drug-likeness (QED) is 0.711. The summed E-state index contributed by atoms with van der Waals surface area (Å²) in [5.41, 5.74) is 4.54. The lowest BCUT2D eigenvalue weighted by molar-refractivity contribution is -0.0401. The second-order valence-electron chi connectivity index (χ2n) is 3.91. The fourth-order valence-electron chi connectivity index (χ4n) is 1.12. The Labute approximate surface area is 74.3 Å². The Morgan fingerprint density at radius 2 is 1.58 bits per heavy atom. The lowest BCUT2D eigenvalue weighted by Crippen LogP contribution is -2.43. The molecule has 0 bridgehead atoms. The van der Waals surface area contributed by atoms with Gasteiger partial charge >= 0.3 is 6.09 Å². The van der Waals surface area contributed by atoms with Gasteiger partial charge in [0.05, 0.1) is 0 Å². The predicted octanol–water partition coefficient (Wildman–Crippen LogP) is 2.15. The van der Waals surface area contributed by atoms with Crippen molar-refractivity contribution in [1.82, 2.24) is 0 Å². The molecule has 2 N–H and O–H groups in total. The van der Waals surface area contributed by atoms with Gasteiger partial charge in [0.15, 0.2) is 0 Å². The van der Waals surface area contributed by atoms with Gasteiger partial charge in [0.1, 0.15) is 5.60 Å². The van der Waals surface area contributed by atoms with Gasteiger partial charge in [-0.2, -0.15) is 0 Å². The largest absolute Gasteiger partial charge is 0.443 e. The van der Waals surface area contributed by atoms with E-state index in [9.17, 15) is 4.79 Å². The molecule has 0 aliphatic rings. The van der Waals surface area contributed by atoms with Crippen LogP contribution in [0.15, 0.2) is 0 Å². The maximum absolute atomic E-state index is 10.6. The molecular formula is C9H19NO2. The molecule has 0 atom stereocenters. The minimum atomic E-state index is -0.695. The molecule has 72 valence electrons. The Kier molecular flexibility index (Phi) is 3.55. The monoisotopic (exact) mass is 173 g/mol. The predicted molar refractivity (Wildman–Crippen MR) is 48.7 cm³/mol. The van der Waals surface area contributed by atoms with Crippen molar-refractivity contribution in [2.45, 2.75) is 40.2 Å². The Hall–Kier alpha value is -0.730. The van der Waals surface area contributed by atoms with Gasteiger partial charge in [-0.3, -0.25) is 0 Å². The molecule has 0 aliphatic carbocycles. The summed E-state index contributed by atoms with van der Waals surface area (Å²) < 4.78 is 5.10. The second kappa shape index (κ2) is 3.78. The van der Waals surface area contributed by atoms with Gasteiger partial charge in [-0.15, -0.1) is 0 Å². The minimum Gasteiger partial charge on any atom is -0.443 e. The standard InChI is InChI=1S/C9H19NO2/c1-6(2)9(5,7(3)4)12-8(10)11/h6-7H,1-5H3,(H2,10,11). The molecule has 0 heterocycles. The summed E-state index contributed by atoms with van der Waals surface area (Å²) in [6.07, 6.45) is -0.695. The zero-order valence-corrected chi connectivity index (χ0v) is 8.55. The first-order valence-electron chi connectivity index (χ1n) is 4.29. The Balaban J connectivity index is 4.51. The van der Waals surface area contributed by atoms with E-state index < -0.39 is 11.7 Å². The van der Waals surface area contributed by atoms with Crippen molar-refractivity contribution in [2.24, 2.45) is 17.6 Å². The number of hydrogen-bond acceptors (Lipinski definition) is 2. The highest BCUT2D eigenvalue weighted by Gasteiger charge is 2.35. The van der Waals surface area contributed by atoms with Crippen molar-refractivity contribution in [1.29, 1.82) is 0 Å². The molecule has 0 aromatic carbocycles. The molecule has 3 nitrogen and oxygen atoms in total. The molecule has 0 spiro atoms. The van der Waals surface area contributed by atoms with Gasteiger partial charge in [0, 0.05) is 0 Å². The number of hydrogen-bond donors (Lipinski definition) is 1. The first kappa shape index (κ1) is 11.3. The summed E-state index contributed by atoms with van der Waals surface area (Å²) in [5.74, 6) is 0.537. The highest BCUT2D eigenvalue weighted by molar-refractivity contribution is 5.65. The lowest BCUT2D eigenvalue weighted by Gasteiger charge is -2.36. The number of carbonyl (C=O) groups excluding carboxylic acids is 1. The summed E-state index contributed by atoms with van der Waals surface area (Å²) in [4.78, 5) is 10.6. The molecule has 0 aromatic rings. The van der Waals surface area contributed by atoms with Crippen LogP contribution in [0.5, 0.6) is 0 Å². The first-order valence-corrected chi connectivity index (χ1v) is 4.29. The molecule has 12 heavy (non-hydrogen) atoms. The molecular weight excluding hydrogens is 154 g/mol. The van der Waals surface area contributed by atoms with Gasteiger partial charge in [-0.1, -0.05) is 27.7 Å². The van der Waals surface area contributed by atoms with Crippen molar-refractivity contribution in [3.63, 3.8) is 0 Å². The van der Waals surface area contributed by atoms with Crippen molar-refractivity contribution in [2.75, 3.05) is 0 Å².